The van der Waals surface area contributed by atoms with Gasteiger partial charge in [0.1, 0.15) is 11.4 Å². The highest BCUT2D eigenvalue weighted by Gasteiger charge is 2.47. The zero-order valence-corrected chi connectivity index (χ0v) is 19.1. The topological polar surface area (TPSA) is 101 Å². The normalized spacial score (nSPS) is 17.8. The Balaban J connectivity index is 1.29. The number of nitrogens with two attached hydrogens (primary N) is 1. The number of ether oxygens (including phenoxy) is 1. The predicted molar refractivity (Wildman–Crippen MR) is 130 cm³/mol. The van der Waals surface area contributed by atoms with Crippen molar-refractivity contribution >= 4 is 40.5 Å². The Morgan fingerprint density at radius 1 is 1.21 bits per heavy atom. The molecule has 2 fully saturated rings. The highest BCUT2D eigenvalue weighted by molar-refractivity contribution is 7.13. The Hall–Kier alpha value is -3.43. The van der Waals surface area contributed by atoms with Crippen LogP contribution in [-0.4, -0.2) is 54.2 Å². The van der Waals surface area contributed by atoms with Crippen LogP contribution in [-0.2, 0) is 4.74 Å². The van der Waals surface area contributed by atoms with E-state index in [9.17, 15) is 9.59 Å². The molecule has 0 saturated carbocycles. The highest BCUT2D eigenvalue weighted by Crippen LogP contribution is 2.35. The molecule has 0 atom stereocenters. The molecule has 0 unspecified atom stereocenters. The van der Waals surface area contributed by atoms with Gasteiger partial charge in [-0.2, -0.15) is 0 Å². The van der Waals surface area contributed by atoms with Crippen LogP contribution in [0.25, 0.3) is 10.4 Å². The van der Waals surface area contributed by atoms with Gasteiger partial charge in [-0.1, -0.05) is 12.1 Å². The number of nitrogens with one attached hydrogen (secondary N) is 1. The maximum absolute atomic E-state index is 12.8. The van der Waals surface area contributed by atoms with Gasteiger partial charge in [-0.3, -0.25) is 9.69 Å². The SMILES string of the molecule is CN1CCC2(CC1)CN(c1ccc(C(=O)Nc3cc(-c4cccs4)ccc3N)cn1)C(=O)O2. The van der Waals surface area contributed by atoms with Crippen molar-refractivity contribution in [2.75, 3.05) is 42.6 Å². The number of carbonyl (C=O) groups is 2. The maximum Gasteiger partial charge on any atom is 0.416 e. The fourth-order valence-electron chi connectivity index (χ4n) is 4.22. The summed E-state index contributed by atoms with van der Waals surface area (Å²) >= 11 is 1.62. The number of hydrogen-bond donors (Lipinski definition) is 2. The van der Waals surface area contributed by atoms with Crippen molar-refractivity contribution in [1.29, 1.82) is 0 Å². The van der Waals surface area contributed by atoms with Crippen LogP contribution >= 0.6 is 11.3 Å². The number of piperidine rings is 1. The van der Waals surface area contributed by atoms with Crippen LogP contribution in [0, 0.1) is 0 Å². The van der Waals surface area contributed by atoms with Crippen LogP contribution in [0.5, 0.6) is 0 Å². The molecule has 9 heteroatoms. The van der Waals surface area contributed by atoms with E-state index in [1.54, 1.807) is 34.4 Å². The van der Waals surface area contributed by atoms with Crippen LogP contribution in [0.15, 0.2) is 54.0 Å². The second-order valence-corrected chi connectivity index (χ2v) is 9.53. The summed E-state index contributed by atoms with van der Waals surface area (Å²) in [6.07, 6.45) is 2.69. The molecule has 170 valence electrons. The number of thiophene rings is 1. The van der Waals surface area contributed by atoms with Gasteiger partial charge in [0.05, 0.1) is 23.5 Å². The molecule has 2 saturated heterocycles. The fraction of sp³-hybridized carbons (Fsp3) is 0.292. The summed E-state index contributed by atoms with van der Waals surface area (Å²) in [6.45, 7) is 2.26. The second kappa shape index (κ2) is 8.49. The van der Waals surface area contributed by atoms with E-state index in [2.05, 4.69) is 22.2 Å². The third-order valence-electron chi connectivity index (χ3n) is 6.26. The highest BCUT2D eigenvalue weighted by atomic mass is 32.1. The van der Waals surface area contributed by atoms with E-state index < -0.39 is 5.60 Å². The van der Waals surface area contributed by atoms with E-state index in [0.29, 0.717) is 29.3 Å². The number of pyridine rings is 1. The summed E-state index contributed by atoms with van der Waals surface area (Å²) in [5.41, 5.74) is 8.02. The third kappa shape index (κ3) is 4.29. The molecule has 8 nitrogen and oxygen atoms in total. The van der Waals surface area contributed by atoms with Gasteiger partial charge >= 0.3 is 6.09 Å². The van der Waals surface area contributed by atoms with E-state index in [4.69, 9.17) is 10.5 Å². The van der Waals surface area contributed by atoms with Crippen molar-refractivity contribution in [3.63, 3.8) is 0 Å². The average Bonchev–Trinajstić information content (AvgIpc) is 3.46. The van der Waals surface area contributed by atoms with Crippen molar-refractivity contribution in [1.82, 2.24) is 9.88 Å². The van der Waals surface area contributed by atoms with Gasteiger partial charge < -0.3 is 20.7 Å². The Labute approximate surface area is 196 Å². The molecule has 0 bridgehead atoms. The quantitative estimate of drug-likeness (QED) is 0.566. The first kappa shape index (κ1) is 21.4. The number of hydrogen-bond acceptors (Lipinski definition) is 7. The minimum atomic E-state index is -0.452. The van der Waals surface area contributed by atoms with E-state index in [1.165, 1.54) is 6.20 Å². The largest absolute Gasteiger partial charge is 0.440 e. The van der Waals surface area contributed by atoms with Gasteiger partial charge in [0.25, 0.3) is 5.91 Å². The molecule has 3 aromatic rings. The van der Waals surface area contributed by atoms with E-state index >= 15 is 0 Å². The lowest BCUT2D eigenvalue weighted by molar-refractivity contribution is 0.00677. The summed E-state index contributed by atoms with van der Waals surface area (Å²) in [4.78, 5) is 34.6. The zero-order chi connectivity index (χ0) is 23.0. The van der Waals surface area contributed by atoms with Crippen molar-refractivity contribution in [3.8, 4) is 10.4 Å². The van der Waals surface area contributed by atoms with Gasteiger partial charge in [0.2, 0.25) is 0 Å². The molecule has 3 N–H and O–H groups in total. The lowest BCUT2D eigenvalue weighted by Crippen LogP contribution is -2.45. The minimum Gasteiger partial charge on any atom is -0.440 e. The van der Waals surface area contributed by atoms with Crippen molar-refractivity contribution in [2.45, 2.75) is 18.4 Å². The molecule has 2 aromatic heterocycles. The zero-order valence-electron chi connectivity index (χ0n) is 18.3. The minimum absolute atomic E-state index is 0.320. The van der Waals surface area contributed by atoms with Crippen LogP contribution in [0.3, 0.4) is 0 Å². The molecule has 0 aliphatic carbocycles. The number of rotatable bonds is 4. The molecule has 33 heavy (non-hydrogen) atoms. The summed E-state index contributed by atoms with van der Waals surface area (Å²) < 4.78 is 5.74. The van der Waals surface area contributed by atoms with E-state index in [1.807, 2.05) is 29.6 Å². The van der Waals surface area contributed by atoms with Crippen molar-refractivity contribution in [2.24, 2.45) is 0 Å². The first-order chi connectivity index (χ1) is 15.9. The number of anilines is 3. The Morgan fingerprint density at radius 2 is 2.03 bits per heavy atom. The number of likely N-dealkylation sites (tertiary alicyclic amines) is 1. The molecular formula is C24H25N5O3S. The van der Waals surface area contributed by atoms with Gasteiger partial charge in [0, 0.05) is 37.0 Å². The van der Waals surface area contributed by atoms with Crippen LogP contribution in [0.4, 0.5) is 22.0 Å². The van der Waals surface area contributed by atoms with Gasteiger partial charge in [-0.05, 0) is 48.3 Å². The molecule has 1 aromatic carbocycles. The standard InChI is InChI=1S/C24H25N5O3S/c1-28-10-8-24(9-11-28)15-29(23(31)32-24)21-7-5-17(14-26-21)22(30)27-19-13-16(4-6-18(19)25)20-3-2-12-33-20/h2-7,12-14H,8-11,15,25H2,1H3,(H,27,30). The average molecular weight is 464 g/mol. The molecule has 2 aliphatic rings. The van der Waals surface area contributed by atoms with Gasteiger partial charge in [-0.25, -0.2) is 9.78 Å². The number of amides is 2. The molecule has 4 heterocycles. The van der Waals surface area contributed by atoms with Gasteiger partial charge in [0.15, 0.2) is 0 Å². The first-order valence-electron chi connectivity index (χ1n) is 10.8. The van der Waals surface area contributed by atoms with Crippen LogP contribution in [0.2, 0.25) is 0 Å². The summed E-state index contributed by atoms with van der Waals surface area (Å²) in [5, 5.41) is 4.87. The number of benzene rings is 1. The number of aromatic nitrogens is 1. The second-order valence-electron chi connectivity index (χ2n) is 8.58. The van der Waals surface area contributed by atoms with Crippen molar-refractivity contribution < 1.29 is 14.3 Å². The monoisotopic (exact) mass is 463 g/mol. The smallest absolute Gasteiger partial charge is 0.416 e. The lowest BCUT2D eigenvalue weighted by Gasteiger charge is -2.35. The van der Waals surface area contributed by atoms with Crippen LogP contribution in [0.1, 0.15) is 23.2 Å². The molecule has 2 amide bonds. The summed E-state index contributed by atoms with van der Waals surface area (Å²) in [5.74, 6) is 0.159. The van der Waals surface area contributed by atoms with E-state index in [-0.39, 0.29) is 12.0 Å². The predicted octanol–water partition coefficient (Wildman–Crippen LogP) is 4.07. The Kier molecular flexibility index (Phi) is 5.51. The Morgan fingerprint density at radius 3 is 2.73 bits per heavy atom. The number of nitrogen functional groups attached to an aromatic ring is 1. The molecule has 2 aliphatic heterocycles. The number of nitrogens with zero attached hydrogens (tertiary/aromatic N) is 3. The van der Waals surface area contributed by atoms with Gasteiger partial charge in [-0.15, -0.1) is 11.3 Å². The van der Waals surface area contributed by atoms with Crippen LogP contribution < -0.4 is 16.0 Å². The maximum atomic E-state index is 12.8. The molecular weight excluding hydrogens is 438 g/mol. The Bertz CT molecular complexity index is 1170. The molecule has 0 radical (unpaired) electrons. The fourth-order valence-corrected chi connectivity index (χ4v) is 4.95. The van der Waals surface area contributed by atoms with E-state index in [0.717, 1.165) is 36.4 Å². The lowest BCUT2D eigenvalue weighted by atomic mass is 9.91. The summed E-state index contributed by atoms with van der Waals surface area (Å²) in [7, 11) is 2.07. The molecule has 1 spiro atoms. The van der Waals surface area contributed by atoms with Crippen molar-refractivity contribution in [3.05, 3.63) is 59.6 Å². The first-order valence-corrected chi connectivity index (χ1v) is 11.7. The molecule has 5 rings (SSSR count). The number of carbonyl (C=O) groups excluding carboxylic acids is 2. The summed E-state index contributed by atoms with van der Waals surface area (Å²) in [6, 6.07) is 12.9. The third-order valence-corrected chi connectivity index (χ3v) is 7.18.